The molecule has 110 valence electrons. The zero-order chi connectivity index (χ0) is 15.4. The van der Waals surface area contributed by atoms with Crippen LogP contribution in [0, 0.1) is 6.92 Å². The van der Waals surface area contributed by atoms with Crippen LogP contribution in [0.15, 0.2) is 53.8 Å². The van der Waals surface area contributed by atoms with Gasteiger partial charge in [-0.05, 0) is 42.8 Å². The van der Waals surface area contributed by atoms with Crippen LogP contribution < -0.4 is 10.2 Å². The first kappa shape index (κ1) is 14.0. The predicted molar refractivity (Wildman–Crippen MR) is 88.5 cm³/mol. The zero-order valence-electron chi connectivity index (χ0n) is 12.4. The van der Waals surface area contributed by atoms with Crippen molar-refractivity contribution >= 4 is 22.9 Å². The summed E-state index contributed by atoms with van der Waals surface area (Å²) in [5.41, 5.74) is 5.73. The number of nitrogens with one attached hydrogen (secondary N) is 1. The third kappa shape index (κ3) is 3.03. The number of rotatable bonds is 4. The summed E-state index contributed by atoms with van der Waals surface area (Å²) in [6.45, 7) is 2.05. The van der Waals surface area contributed by atoms with E-state index in [1.165, 1.54) is 0 Å². The van der Waals surface area contributed by atoms with E-state index in [9.17, 15) is 0 Å². The second-order valence-electron chi connectivity index (χ2n) is 4.83. The van der Waals surface area contributed by atoms with E-state index >= 15 is 0 Å². The lowest BCUT2D eigenvalue weighted by Gasteiger charge is -2.07. The average molecular weight is 292 g/mol. The number of hydrazone groups is 1. The molecule has 2 aromatic heterocycles. The molecule has 2 heterocycles. The summed E-state index contributed by atoms with van der Waals surface area (Å²) in [5, 5.41) is 5.27. The van der Waals surface area contributed by atoms with Crippen LogP contribution in [0.1, 0.15) is 11.3 Å². The van der Waals surface area contributed by atoms with Crippen LogP contribution in [0.4, 0.5) is 5.82 Å². The fraction of sp³-hybridized carbons (Fsp3) is 0.118. The summed E-state index contributed by atoms with van der Waals surface area (Å²) in [7, 11) is 1.65. The Morgan fingerprint density at radius 1 is 1.18 bits per heavy atom. The van der Waals surface area contributed by atoms with Gasteiger partial charge in [-0.1, -0.05) is 6.07 Å². The number of hydrogen-bond donors (Lipinski definition) is 1. The minimum atomic E-state index is 0.686. The smallest absolute Gasteiger partial charge is 0.147 e. The number of aromatic nitrogens is 2. The number of hydrogen-bond acceptors (Lipinski definition) is 5. The van der Waals surface area contributed by atoms with Crippen LogP contribution in [0.5, 0.6) is 5.75 Å². The van der Waals surface area contributed by atoms with Crippen molar-refractivity contribution in [2.45, 2.75) is 6.92 Å². The Bertz CT molecular complexity index is 816. The number of nitrogens with zero attached hydrogens (tertiary/aromatic N) is 3. The summed E-state index contributed by atoms with van der Waals surface area (Å²) in [5.74, 6) is 1.47. The van der Waals surface area contributed by atoms with Crippen LogP contribution in [-0.4, -0.2) is 23.3 Å². The number of benzene rings is 1. The summed E-state index contributed by atoms with van der Waals surface area (Å²) in [6.07, 6.45) is 3.39. The lowest BCUT2D eigenvalue weighted by atomic mass is 10.1. The summed E-state index contributed by atoms with van der Waals surface area (Å²) < 4.78 is 5.24. The molecule has 1 aromatic carbocycles. The maximum atomic E-state index is 5.24. The highest BCUT2D eigenvalue weighted by molar-refractivity contribution is 5.85. The standard InChI is InChI=1S/C17H16N4O/c1-12-9-17(21-19-11-13-5-3-4-8-18-13)20-16-10-14(22-2)6-7-15(12)16/h3-11H,1-2H3,(H,20,21). The second-order valence-corrected chi connectivity index (χ2v) is 4.83. The summed E-state index contributed by atoms with van der Waals surface area (Å²) in [4.78, 5) is 8.72. The van der Waals surface area contributed by atoms with Crippen molar-refractivity contribution in [1.29, 1.82) is 0 Å². The molecule has 0 radical (unpaired) electrons. The molecule has 3 aromatic rings. The maximum absolute atomic E-state index is 5.24. The minimum absolute atomic E-state index is 0.686. The van der Waals surface area contributed by atoms with Crippen molar-refractivity contribution in [3.8, 4) is 5.75 Å². The number of pyridine rings is 2. The van der Waals surface area contributed by atoms with Gasteiger partial charge >= 0.3 is 0 Å². The molecule has 0 aliphatic heterocycles. The predicted octanol–water partition coefficient (Wildman–Crippen LogP) is 3.39. The molecule has 0 amide bonds. The van der Waals surface area contributed by atoms with Gasteiger partial charge in [0.25, 0.3) is 0 Å². The van der Waals surface area contributed by atoms with E-state index in [1.54, 1.807) is 19.5 Å². The summed E-state index contributed by atoms with van der Waals surface area (Å²) >= 11 is 0. The van der Waals surface area contributed by atoms with Gasteiger partial charge in [-0.3, -0.25) is 10.4 Å². The Morgan fingerprint density at radius 2 is 2.09 bits per heavy atom. The highest BCUT2D eigenvalue weighted by Crippen LogP contribution is 2.24. The van der Waals surface area contributed by atoms with E-state index in [-0.39, 0.29) is 0 Å². The van der Waals surface area contributed by atoms with E-state index in [1.807, 2.05) is 49.4 Å². The van der Waals surface area contributed by atoms with E-state index in [0.717, 1.165) is 27.9 Å². The SMILES string of the molecule is COc1ccc2c(C)cc(NN=Cc3ccccn3)nc2c1. The number of fused-ring (bicyclic) bond motifs is 1. The second kappa shape index (κ2) is 6.22. The molecule has 0 aliphatic rings. The van der Waals surface area contributed by atoms with Crippen molar-refractivity contribution in [3.63, 3.8) is 0 Å². The van der Waals surface area contributed by atoms with Gasteiger partial charge in [0.15, 0.2) is 0 Å². The van der Waals surface area contributed by atoms with Crippen LogP contribution in [-0.2, 0) is 0 Å². The number of ether oxygens (including phenoxy) is 1. The molecule has 0 atom stereocenters. The lowest BCUT2D eigenvalue weighted by molar-refractivity contribution is 0.415. The van der Waals surface area contributed by atoms with E-state index in [4.69, 9.17) is 4.74 Å². The van der Waals surface area contributed by atoms with Crippen molar-refractivity contribution in [3.05, 3.63) is 59.9 Å². The molecule has 0 spiro atoms. The first-order valence-corrected chi connectivity index (χ1v) is 6.92. The first-order valence-electron chi connectivity index (χ1n) is 6.92. The van der Waals surface area contributed by atoms with Gasteiger partial charge in [-0.15, -0.1) is 0 Å². The van der Waals surface area contributed by atoms with Crippen molar-refractivity contribution < 1.29 is 4.74 Å². The molecule has 0 fully saturated rings. The molecular weight excluding hydrogens is 276 g/mol. The van der Waals surface area contributed by atoms with Crippen molar-refractivity contribution in [2.75, 3.05) is 12.5 Å². The molecule has 5 heteroatoms. The van der Waals surface area contributed by atoms with Crippen LogP contribution in [0.25, 0.3) is 10.9 Å². The molecule has 0 bridgehead atoms. The average Bonchev–Trinajstić information content (AvgIpc) is 2.55. The largest absolute Gasteiger partial charge is 0.497 e. The van der Waals surface area contributed by atoms with Gasteiger partial charge < -0.3 is 4.74 Å². The number of methoxy groups -OCH3 is 1. The topological polar surface area (TPSA) is 59.4 Å². The molecule has 0 saturated heterocycles. The van der Waals surface area contributed by atoms with Crippen molar-refractivity contribution in [2.24, 2.45) is 5.10 Å². The van der Waals surface area contributed by atoms with Gasteiger partial charge in [0.05, 0.1) is 24.5 Å². The molecule has 0 saturated carbocycles. The van der Waals surface area contributed by atoms with Crippen molar-refractivity contribution in [1.82, 2.24) is 9.97 Å². The lowest BCUT2D eigenvalue weighted by Crippen LogP contribution is -1.96. The Kier molecular flexibility index (Phi) is 3.96. The van der Waals surface area contributed by atoms with Gasteiger partial charge in [-0.25, -0.2) is 4.98 Å². The van der Waals surface area contributed by atoms with Crippen LogP contribution in [0.3, 0.4) is 0 Å². The third-order valence-electron chi connectivity index (χ3n) is 3.29. The fourth-order valence-corrected chi connectivity index (χ4v) is 2.18. The molecule has 0 unspecified atom stereocenters. The Labute approximate surface area is 128 Å². The molecule has 22 heavy (non-hydrogen) atoms. The Hall–Kier alpha value is -2.95. The molecule has 5 nitrogen and oxygen atoms in total. The molecule has 0 aliphatic carbocycles. The maximum Gasteiger partial charge on any atom is 0.147 e. The van der Waals surface area contributed by atoms with Gasteiger partial charge in [0.1, 0.15) is 11.6 Å². The van der Waals surface area contributed by atoms with Gasteiger partial charge in [0.2, 0.25) is 0 Å². The third-order valence-corrected chi connectivity index (χ3v) is 3.29. The zero-order valence-corrected chi connectivity index (χ0v) is 12.4. The molecule has 3 rings (SSSR count). The molecular formula is C17H16N4O. The van der Waals surface area contributed by atoms with E-state index in [2.05, 4.69) is 20.5 Å². The summed E-state index contributed by atoms with van der Waals surface area (Å²) in [6, 6.07) is 13.5. The first-order chi connectivity index (χ1) is 10.8. The highest BCUT2D eigenvalue weighted by atomic mass is 16.5. The van der Waals surface area contributed by atoms with Crippen LogP contribution in [0.2, 0.25) is 0 Å². The van der Waals surface area contributed by atoms with E-state index < -0.39 is 0 Å². The number of aryl methyl sites for hydroxylation is 1. The normalized spacial score (nSPS) is 11.0. The quantitative estimate of drug-likeness (QED) is 0.591. The number of anilines is 1. The highest BCUT2D eigenvalue weighted by Gasteiger charge is 2.03. The fourth-order valence-electron chi connectivity index (χ4n) is 2.18. The minimum Gasteiger partial charge on any atom is -0.497 e. The van der Waals surface area contributed by atoms with Crippen LogP contribution >= 0.6 is 0 Å². The monoisotopic (exact) mass is 292 g/mol. The Balaban J connectivity index is 1.86. The van der Waals surface area contributed by atoms with Gasteiger partial charge in [-0.2, -0.15) is 5.10 Å². The molecule has 1 N–H and O–H groups in total. The van der Waals surface area contributed by atoms with Gasteiger partial charge in [0, 0.05) is 17.6 Å². The Morgan fingerprint density at radius 3 is 2.86 bits per heavy atom. The van der Waals surface area contributed by atoms with E-state index in [0.29, 0.717) is 5.82 Å².